The summed E-state index contributed by atoms with van der Waals surface area (Å²) in [6.07, 6.45) is -2.59. The van der Waals surface area contributed by atoms with Gasteiger partial charge in [0.05, 0.1) is 0 Å². The smallest absolute Gasteiger partial charge is 0.329 e. The van der Waals surface area contributed by atoms with Gasteiger partial charge in [-0.1, -0.05) is 110 Å². The Morgan fingerprint density at radius 3 is 1.16 bits per heavy atom. The molecule has 0 saturated carbocycles. The number of esters is 4. The monoisotopic (exact) mass is 1060 g/mol. The van der Waals surface area contributed by atoms with Gasteiger partial charge in [0.25, 0.3) is 23.6 Å². The number of carbonyl (C=O) groups is 8. The van der Waals surface area contributed by atoms with Crippen molar-refractivity contribution in [2.24, 2.45) is 23.7 Å². The topological polar surface area (TPSA) is 224 Å². The number of aliphatic hydroxyl groups excluding tert-OH is 1. The standard InChI is InChI=1S/C57H82N6O13/c1-34(2)26-43-54(69)73-39(10)51(66)60(12)46(29-37(7)8)57(72)76-48(31-41-20-22-42(23-21-41)32-63-25-24-58-49(63)33-64)53(68)62(14)44(27-35(3)4)55(70)74-38(9)50(65)59(11)45(28-36(5)6)56(71)75-47(52(67)61(43)13)30-40-18-16-15-17-19-40/h15-25,34-39,43-48,64H,26-33H2,1-14H3/t38-,39-,43+,44+,45+,46+,47-,48-/m1/s1. The van der Waals surface area contributed by atoms with Crippen molar-refractivity contribution in [2.45, 2.75) is 169 Å². The molecule has 4 amide bonds. The van der Waals surface area contributed by atoms with Crippen molar-refractivity contribution in [1.82, 2.24) is 29.2 Å². The van der Waals surface area contributed by atoms with Gasteiger partial charge in [-0.05, 0) is 79.9 Å². The molecule has 0 bridgehead atoms. The molecule has 76 heavy (non-hydrogen) atoms. The zero-order valence-electron chi connectivity index (χ0n) is 47.0. The first-order chi connectivity index (χ1) is 35.7. The van der Waals surface area contributed by atoms with Gasteiger partial charge < -0.3 is 48.2 Å². The highest BCUT2D eigenvalue weighted by atomic mass is 16.6. The number of benzene rings is 2. The summed E-state index contributed by atoms with van der Waals surface area (Å²) >= 11 is 0. The zero-order valence-corrected chi connectivity index (χ0v) is 47.0. The van der Waals surface area contributed by atoms with Crippen LogP contribution in [0.4, 0.5) is 0 Å². The van der Waals surface area contributed by atoms with E-state index in [-0.39, 0.29) is 68.8 Å². The van der Waals surface area contributed by atoms with Crippen molar-refractivity contribution in [3.8, 4) is 0 Å². The Kier molecular flexibility index (Phi) is 23.2. The van der Waals surface area contributed by atoms with E-state index in [2.05, 4.69) is 4.98 Å². The maximum absolute atomic E-state index is 14.9. The zero-order chi connectivity index (χ0) is 56.7. The van der Waals surface area contributed by atoms with Gasteiger partial charge in [-0.15, -0.1) is 0 Å². The van der Waals surface area contributed by atoms with E-state index >= 15 is 0 Å². The first-order valence-electron chi connectivity index (χ1n) is 26.3. The molecule has 2 aromatic carbocycles. The summed E-state index contributed by atoms with van der Waals surface area (Å²) in [6, 6.07) is 10.9. The molecule has 8 atom stereocenters. The molecule has 1 aliphatic heterocycles. The Hall–Kier alpha value is -6.63. The van der Waals surface area contributed by atoms with Crippen LogP contribution in [0.5, 0.6) is 0 Å². The number of hydrogen-bond acceptors (Lipinski definition) is 14. The molecule has 19 heteroatoms. The highest BCUT2D eigenvalue weighted by Crippen LogP contribution is 2.24. The Balaban J connectivity index is 1.86. The van der Waals surface area contributed by atoms with Crippen molar-refractivity contribution in [3.63, 3.8) is 0 Å². The third-order valence-electron chi connectivity index (χ3n) is 13.5. The Morgan fingerprint density at radius 1 is 0.474 bits per heavy atom. The molecule has 0 unspecified atom stereocenters. The first-order valence-corrected chi connectivity index (χ1v) is 26.3. The lowest BCUT2D eigenvalue weighted by molar-refractivity contribution is -0.176. The largest absolute Gasteiger partial charge is 0.451 e. The van der Waals surface area contributed by atoms with Crippen LogP contribution in [-0.4, -0.2) is 159 Å². The molecule has 19 nitrogen and oxygen atoms in total. The van der Waals surface area contributed by atoms with E-state index in [0.29, 0.717) is 23.5 Å². The molecule has 1 aliphatic rings. The Bertz CT molecular complexity index is 2420. The quantitative estimate of drug-likeness (QED) is 0.149. The number of imidazole rings is 1. The lowest BCUT2D eigenvalue weighted by Crippen LogP contribution is -2.55. The normalized spacial score (nSPS) is 23.8. The lowest BCUT2D eigenvalue weighted by atomic mass is 9.99. The Labute approximate surface area is 448 Å². The van der Waals surface area contributed by atoms with Gasteiger partial charge in [0.2, 0.25) is 0 Å². The fourth-order valence-electron chi connectivity index (χ4n) is 9.14. The van der Waals surface area contributed by atoms with E-state index in [1.54, 1.807) is 59.4 Å². The summed E-state index contributed by atoms with van der Waals surface area (Å²) in [5.74, 6) is -6.95. The third kappa shape index (κ3) is 17.2. The van der Waals surface area contributed by atoms with E-state index in [1.165, 1.54) is 42.0 Å². The first kappa shape index (κ1) is 61.9. The van der Waals surface area contributed by atoms with Gasteiger partial charge in [-0.25, -0.2) is 24.2 Å². The number of rotatable bonds is 15. The van der Waals surface area contributed by atoms with Crippen LogP contribution in [0.1, 0.15) is 117 Å². The van der Waals surface area contributed by atoms with Gasteiger partial charge in [0, 0.05) is 60.0 Å². The number of aromatic nitrogens is 2. The van der Waals surface area contributed by atoms with Crippen LogP contribution in [-0.2, 0) is 83.3 Å². The van der Waals surface area contributed by atoms with Crippen LogP contribution < -0.4 is 0 Å². The van der Waals surface area contributed by atoms with Gasteiger partial charge in [0.15, 0.2) is 24.4 Å². The molecule has 2 heterocycles. The highest BCUT2D eigenvalue weighted by Gasteiger charge is 2.43. The third-order valence-corrected chi connectivity index (χ3v) is 13.5. The minimum Gasteiger partial charge on any atom is -0.451 e. The van der Waals surface area contributed by atoms with Gasteiger partial charge in [-0.3, -0.25) is 19.2 Å². The molecule has 1 aromatic heterocycles. The van der Waals surface area contributed by atoms with Crippen molar-refractivity contribution in [3.05, 3.63) is 89.5 Å². The molecule has 3 aromatic rings. The minimum atomic E-state index is -1.55. The summed E-state index contributed by atoms with van der Waals surface area (Å²) in [5, 5.41) is 9.74. The number of aliphatic hydroxyl groups is 1. The van der Waals surface area contributed by atoms with Gasteiger partial charge in [-0.2, -0.15) is 0 Å². The van der Waals surface area contributed by atoms with Crippen LogP contribution >= 0.6 is 0 Å². The van der Waals surface area contributed by atoms with Crippen molar-refractivity contribution >= 4 is 47.5 Å². The lowest BCUT2D eigenvalue weighted by Gasteiger charge is -2.35. The number of carbonyl (C=O) groups excluding carboxylic acids is 8. The van der Waals surface area contributed by atoms with Crippen LogP contribution in [0.15, 0.2) is 67.0 Å². The van der Waals surface area contributed by atoms with E-state index in [4.69, 9.17) is 18.9 Å². The molecule has 1 N–H and O–H groups in total. The van der Waals surface area contributed by atoms with Crippen molar-refractivity contribution < 1.29 is 62.4 Å². The fraction of sp³-hybridized carbons (Fsp3) is 0.596. The molecular formula is C57H82N6O13. The number of amides is 4. The van der Waals surface area contributed by atoms with Crippen LogP contribution in [0, 0.1) is 23.7 Å². The Morgan fingerprint density at radius 2 is 0.803 bits per heavy atom. The van der Waals surface area contributed by atoms with E-state index < -0.39 is 96.1 Å². The van der Waals surface area contributed by atoms with Crippen LogP contribution in [0.25, 0.3) is 0 Å². The maximum Gasteiger partial charge on any atom is 0.329 e. The highest BCUT2D eigenvalue weighted by molar-refractivity contribution is 5.94. The molecule has 0 spiro atoms. The van der Waals surface area contributed by atoms with Crippen LogP contribution in [0.3, 0.4) is 0 Å². The SMILES string of the molecule is CC(C)C[C@H]1C(=O)O[C@H](Cc2ccc(Cn3ccnc3CO)cc2)C(=O)N(C)[C@@H](CC(C)C)C(=O)O[C@H](C)C(=O)N(C)[C@@H](CC(C)C)C(=O)O[C@H](Cc2ccccc2)C(=O)N(C)[C@@H](CC(C)C)C(=O)O[C@H](C)C(=O)N1C. The number of hydrogen-bond donors (Lipinski definition) is 1. The number of nitrogens with zero attached hydrogens (tertiary/aromatic N) is 6. The average Bonchev–Trinajstić information content (AvgIpc) is 3.82. The van der Waals surface area contributed by atoms with Crippen LogP contribution in [0.2, 0.25) is 0 Å². The predicted molar refractivity (Wildman–Crippen MR) is 282 cm³/mol. The molecule has 418 valence electrons. The van der Waals surface area contributed by atoms with E-state index in [9.17, 15) is 43.5 Å². The van der Waals surface area contributed by atoms with Gasteiger partial charge in [0.1, 0.15) is 36.6 Å². The van der Waals surface area contributed by atoms with E-state index in [0.717, 1.165) is 25.2 Å². The van der Waals surface area contributed by atoms with Crippen molar-refractivity contribution in [1.29, 1.82) is 0 Å². The fourth-order valence-corrected chi connectivity index (χ4v) is 9.14. The second kappa shape index (κ2) is 28.5. The molecular weight excluding hydrogens is 977 g/mol. The number of ether oxygens (including phenoxy) is 4. The maximum atomic E-state index is 14.9. The molecule has 1 fully saturated rings. The second-order valence-corrected chi connectivity index (χ2v) is 21.7. The summed E-state index contributed by atoms with van der Waals surface area (Å²) < 4.78 is 25.8. The molecule has 0 aliphatic carbocycles. The number of likely N-dealkylation sites (N-methyl/N-ethyl adjacent to an activating group) is 4. The second-order valence-electron chi connectivity index (χ2n) is 21.7. The molecule has 0 radical (unpaired) electrons. The summed E-state index contributed by atoms with van der Waals surface area (Å²) in [5.41, 5.74) is 2.07. The minimum absolute atomic E-state index is 0.0761. The molecule has 4 rings (SSSR count). The summed E-state index contributed by atoms with van der Waals surface area (Å²) in [4.78, 5) is 125. The molecule has 1 saturated heterocycles. The van der Waals surface area contributed by atoms with Gasteiger partial charge >= 0.3 is 23.9 Å². The summed E-state index contributed by atoms with van der Waals surface area (Å²) in [7, 11) is 5.53. The predicted octanol–water partition coefficient (Wildman–Crippen LogP) is 5.40. The van der Waals surface area contributed by atoms with E-state index in [1.807, 2.05) is 67.5 Å². The number of cyclic esters (lactones) is 4. The summed E-state index contributed by atoms with van der Waals surface area (Å²) in [6.45, 7) is 17.6. The average molecular weight is 1060 g/mol. The van der Waals surface area contributed by atoms with Crippen molar-refractivity contribution in [2.75, 3.05) is 28.2 Å².